The first-order chi connectivity index (χ1) is 9.24. The number of carbonyl (C=O) groups is 1. The maximum absolute atomic E-state index is 12.6. The Kier molecular flexibility index (Phi) is 3.02. The van der Waals surface area contributed by atoms with E-state index in [1.54, 1.807) is 6.20 Å². The van der Waals surface area contributed by atoms with Crippen LogP contribution in [0.1, 0.15) is 42.9 Å². The Bertz CT molecular complexity index is 546. The summed E-state index contributed by atoms with van der Waals surface area (Å²) < 4.78 is 0. The Balaban J connectivity index is 2.04. The molecule has 0 aromatic carbocycles. The van der Waals surface area contributed by atoms with E-state index < -0.39 is 0 Å². The molecule has 3 atom stereocenters. The molecule has 1 saturated heterocycles. The maximum Gasteiger partial charge on any atom is 0.232 e. The summed E-state index contributed by atoms with van der Waals surface area (Å²) in [5.74, 6) is 3.10. The molecule has 19 heavy (non-hydrogen) atoms. The molecule has 3 heteroatoms. The second kappa shape index (κ2) is 4.70. The van der Waals surface area contributed by atoms with Gasteiger partial charge < -0.3 is 4.90 Å². The monoisotopic (exact) mass is 254 g/mol. The van der Waals surface area contributed by atoms with Crippen LogP contribution in [0.15, 0.2) is 18.3 Å². The predicted molar refractivity (Wildman–Crippen MR) is 73.4 cm³/mol. The average Bonchev–Trinajstić information content (AvgIpc) is 2.71. The summed E-state index contributed by atoms with van der Waals surface area (Å²) in [7, 11) is 1.92. The molecule has 3 rings (SSSR count). The van der Waals surface area contributed by atoms with Gasteiger partial charge in [-0.1, -0.05) is 18.8 Å². The molecule has 1 saturated carbocycles. The van der Waals surface area contributed by atoms with Crippen molar-refractivity contribution in [3.8, 4) is 12.3 Å². The summed E-state index contributed by atoms with van der Waals surface area (Å²) in [6, 6.07) is 4.09. The van der Waals surface area contributed by atoms with Gasteiger partial charge in [0.2, 0.25) is 5.91 Å². The van der Waals surface area contributed by atoms with Gasteiger partial charge in [-0.2, -0.15) is 0 Å². The molecule has 0 N–H and O–H groups in total. The van der Waals surface area contributed by atoms with E-state index in [2.05, 4.69) is 10.9 Å². The highest BCUT2D eigenvalue weighted by molar-refractivity contribution is 5.87. The van der Waals surface area contributed by atoms with Gasteiger partial charge >= 0.3 is 0 Å². The molecule has 0 spiro atoms. The third-order valence-electron chi connectivity index (χ3n) is 4.61. The number of pyridine rings is 1. The van der Waals surface area contributed by atoms with Crippen LogP contribution in [0.25, 0.3) is 0 Å². The van der Waals surface area contributed by atoms with Crippen LogP contribution in [0, 0.1) is 18.3 Å². The van der Waals surface area contributed by atoms with Gasteiger partial charge in [0.05, 0.1) is 11.6 Å². The molecular weight excluding hydrogens is 236 g/mol. The molecule has 1 aliphatic heterocycles. The third kappa shape index (κ3) is 1.83. The topological polar surface area (TPSA) is 33.2 Å². The number of fused-ring (bicyclic) bond motifs is 1. The van der Waals surface area contributed by atoms with Gasteiger partial charge in [-0.3, -0.25) is 9.78 Å². The Morgan fingerprint density at radius 3 is 3.00 bits per heavy atom. The van der Waals surface area contributed by atoms with Crippen LogP contribution >= 0.6 is 0 Å². The highest BCUT2D eigenvalue weighted by Gasteiger charge is 2.48. The highest BCUT2D eigenvalue weighted by atomic mass is 16.2. The van der Waals surface area contributed by atoms with Crippen LogP contribution in [-0.2, 0) is 4.79 Å². The summed E-state index contributed by atoms with van der Waals surface area (Å²) in [6.07, 6.45) is 11.9. The summed E-state index contributed by atoms with van der Waals surface area (Å²) in [4.78, 5) is 18.9. The zero-order valence-corrected chi connectivity index (χ0v) is 11.2. The minimum Gasteiger partial charge on any atom is -0.342 e. The molecule has 2 fully saturated rings. The third-order valence-corrected chi connectivity index (χ3v) is 4.61. The van der Waals surface area contributed by atoms with Gasteiger partial charge in [0.15, 0.2) is 0 Å². The number of nitrogens with zero attached hydrogens (tertiary/aromatic N) is 2. The summed E-state index contributed by atoms with van der Waals surface area (Å²) in [5, 5.41) is 0. The van der Waals surface area contributed by atoms with Crippen molar-refractivity contribution in [2.24, 2.45) is 5.92 Å². The molecule has 3 nitrogen and oxygen atoms in total. The van der Waals surface area contributed by atoms with E-state index in [4.69, 9.17) is 6.42 Å². The number of likely N-dealkylation sites (N-methyl/N-ethyl adjacent to an activating group) is 1. The van der Waals surface area contributed by atoms with Gasteiger partial charge in [0.25, 0.3) is 0 Å². The zero-order chi connectivity index (χ0) is 13.4. The summed E-state index contributed by atoms with van der Waals surface area (Å²) >= 11 is 0. The number of likely N-dealkylation sites (tertiary alicyclic amines) is 1. The summed E-state index contributed by atoms with van der Waals surface area (Å²) in [6.45, 7) is 0. The van der Waals surface area contributed by atoms with E-state index in [0.29, 0.717) is 12.0 Å². The quantitative estimate of drug-likeness (QED) is 0.720. The van der Waals surface area contributed by atoms with Crippen molar-refractivity contribution in [3.63, 3.8) is 0 Å². The fourth-order valence-corrected chi connectivity index (χ4v) is 3.68. The lowest BCUT2D eigenvalue weighted by Gasteiger charge is -2.30. The van der Waals surface area contributed by atoms with Crippen LogP contribution in [0.4, 0.5) is 0 Å². The van der Waals surface area contributed by atoms with E-state index in [-0.39, 0.29) is 11.8 Å². The molecule has 2 aliphatic rings. The average molecular weight is 254 g/mol. The van der Waals surface area contributed by atoms with Crippen LogP contribution < -0.4 is 0 Å². The molecule has 0 bridgehead atoms. The lowest BCUT2D eigenvalue weighted by molar-refractivity contribution is -0.128. The van der Waals surface area contributed by atoms with Crippen molar-refractivity contribution in [1.82, 2.24) is 9.88 Å². The smallest absolute Gasteiger partial charge is 0.232 e. The van der Waals surface area contributed by atoms with Crippen molar-refractivity contribution in [1.29, 1.82) is 0 Å². The van der Waals surface area contributed by atoms with Gasteiger partial charge in [0.1, 0.15) is 0 Å². The van der Waals surface area contributed by atoms with Crippen molar-refractivity contribution < 1.29 is 4.79 Å². The SMILES string of the molecule is C#Cc1cccnc1C1C(=O)N(C)C2CCCCC12. The van der Waals surface area contributed by atoms with E-state index in [9.17, 15) is 4.79 Å². The maximum atomic E-state index is 12.6. The second-order valence-corrected chi connectivity index (χ2v) is 5.52. The Hall–Kier alpha value is -1.82. The number of hydrogen-bond acceptors (Lipinski definition) is 2. The van der Waals surface area contributed by atoms with E-state index in [1.807, 2.05) is 24.1 Å². The normalized spacial score (nSPS) is 30.0. The molecule has 1 aromatic rings. The Morgan fingerprint density at radius 1 is 1.42 bits per heavy atom. The van der Waals surface area contributed by atoms with E-state index in [0.717, 1.165) is 24.1 Å². The molecule has 3 unspecified atom stereocenters. The minimum absolute atomic E-state index is 0.137. The fourth-order valence-electron chi connectivity index (χ4n) is 3.68. The fraction of sp³-hybridized carbons (Fsp3) is 0.500. The highest BCUT2D eigenvalue weighted by Crippen LogP contribution is 2.44. The van der Waals surface area contributed by atoms with Crippen molar-refractivity contribution >= 4 is 5.91 Å². The molecule has 98 valence electrons. The number of aromatic nitrogens is 1. The van der Waals surface area contributed by atoms with Crippen molar-refractivity contribution in [2.45, 2.75) is 37.6 Å². The van der Waals surface area contributed by atoms with Gasteiger partial charge in [0, 0.05) is 24.8 Å². The van der Waals surface area contributed by atoms with Crippen LogP contribution in [0.3, 0.4) is 0 Å². The molecular formula is C16H18N2O. The Labute approximate surface area is 114 Å². The van der Waals surface area contributed by atoms with Gasteiger partial charge in [-0.25, -0.2) is 0 Å². The number of rotatable bonds is 1. The van der Waals surface area contributed by atoms with E-state index in [1.165, 1.54) is 12.8 Å². The molecule has 1 aromatic heterocycles. The minimum atomic E-state index is -0.137. The van der Waals surface area contributed by atoms with Crippen LogP contribution in [0.2, 0.25) is 0 Å². The zero-order valence-electron chi connectivity index (χ0n) is 11.2. The predicted octanol–water partition coefficient (Wildman–Crippen LogP) is 2.18. The first-order valence-electron chi connectivity index (χ1n) is 6.92. The first-order valence-corrected chi connectivity index (χ1v) is 6.92. The largest absolute Gasteiger partial charge is 0.342 e. The van der Waals surface area contributed by atoms with Crippen LogP contribution in [-0.4, -0.2) is 28.9 Å². The lowest BCUT2D eigenvalue weighted by atomic mass is 9.77. The first kappa shape index (κ1) is 12.2. The van der Waals surface area contributed by atoms with Gasteiger partial charge in [-0.05, 0) is 30.9 Å². The van der Waals surface area contributed by atoms with Crippen LogP contribution in [0.5, 0.6) is 0 Å². The van der Waals surface area contributed by atoms with E-state index >= 15 is 0 Å². The molecule has 0 radical (unpaired) electrons. The number of terminal acetylenes is 1. The number of hydrogen-bond donors (Lipinski definition) is 0. The standard InChI is InChI=1S/C16H18N2O/c1-3-11-7-6-10-17-15(11)14-12-8-4-5-9-13(12)18(2)16(14)19/h1,6-7,10,12-14H,4-5,8-9H2,2H3. The summed E-state index contributed by atoms with van der Waals surface area (Å²) in [5.41, 5.74) is 1.57. The van der Waals surface area contributed by atoms with Gasteiger partial charge in [-0.15, -0.1) is 6.42 Å². The number of carbonyl (C=O) groups excluding carboxylic acids is 1. The van der Waals surface area contributed by atoms with Crippen molar-refractivity contribution in [2.75, 3.05) is 7.05 Å². The Morgan fingerprint density at radius 2 is 2.21 bits per heavy atom. The molecule has 2 heterocycles. The molecule has 1 amide bonds. The molecule has 1 aliphatic carbocycles. The number of amides is 1. The van der Waals surface area contributed by atoms with Crippen molar-refractivity contribution in [3.05, 3.63) is 29.6 Å². The second-order valence-electron chi connectivity index (χ2n) is 5.52. The lowest BCUT2D eigenvalue weighted by Crippen LogP contribution is -2.33.